The van der Waals surface area contributed by atoms with Gasteiger partial charge in [0.25, 0.3) is 0 Å². The molecule has 1 aromatic heterocycles. The summed E-state index contributed by atoms with van der Waals surface area (Å²) >= 11 is 1.29. The second-order valence-corrected chi connectivity index (χ2v) is 7.15. The molecule has 2 aromatic rings. The van der Waals surface area contributed by atoms with Gasteiger partial charge in [-0.2, -0.15) is 0 Å². The van der Waals surface area contributed by atoms with E-state index in [4.69, 9.17) is 5.11 Å². The molecule has 0 saturated heterocycles. The summed E-state index contributed by atoms with van der Waals surface area (Å²) in [6, 6.07) is 6.08. The van der Waals surface area contributed by atoms with E-state index in [1.54, 1.807) is 12.1 Å². The molecule has 0 spiro atoms. The predicted molar refractivity (Wildman–Crippen MR) is 88.0 cm³/mol. The molecule has 0 saturated carbocycles. The molecule has 0 aliphatic heterocycles. The fourth-order valence-electron chi connectivity index (χ4n) is 1.73. The Labute approximate surface area is 139 Å². The Balaban J connectivity index is 1.86. The number of nitrogens with zero attached hydrogens (tertiary/aromatic N) is 2. The highest BCUT2D eigenvalue weighted by Gasteiger charge is 2.12. The molecule has 0 radical (unpaired) electrons. The Morgan fingerprint density at radius 2 is 1.96 bits per heavy atom. The van der Waals surface area contributed by atoms with E-state index in [1.807, 2.05) is 6.92 Å². The first kappa shape index (κ1) is 17.2. The van der Waals surface area contributed by atoms with Crippen LogP contribution < -0.4 is 5.32 Å². The summed E-state index contributed by atoms with van der Waals surface area (Å²) in [7, 11) is -1.39. The van der Waals surface area contributed by atoms with E-state index in [0.717, 1.165) is 11.4 Å². The summed E-state index contributed by atoms with van der Waals surface area (Å²) in [5.74, 6) is -1.37. The van der Waals surface area contributed by atoms with Crippen LogP contribution in [0.1, 0.15) is 27.9 Å². The molecule has 1 aromatic carbocycles. The number of carboxylic acids is 1. The van der Waals surface area contributed by atoms with Crippen molar-refractivity contribution in [1.82, 2.24) is 10.2 Å². The number of aryl methyl sites for hydroxylation is 1. The van der Waals surface area contributed by atoms with Gasteiger partial charge in [-0.05, 0) is 24.1 Å². The summed E-state index contributed by atoms with van der Waals surface area (Å²) in [5, 5.41) is 20.3. The molecule has 9 heteroatoms. The number of nitrogens with one attached hydrogen (secondary N) is 1. The quantitative estimate of drug-likeness (QED) is 0.784. The standard InChI is InChI=1S/C14H15N3O4S2/c1-2-12-16-17-14(22-12)15-11(18)8-23(21)7-9-3-5-10(6-4-9)13(19)20/h3-6H,2,7-8H2,1H3,(H,19,20)(H,15,17,18). The highest BCUT2D eigenvalue weighted by molar-refractivity contribution is 7.84. The van der Waals surface area contributed by atoms with Gasteiger partial charge in [-0.3, -0.25) is 14.3 Å². The van der Waals surface area contributed by atoms with Crippen LogP contribution in [0.5, 0.6) is 0 Å². The van der Waals surface area contributed by atoms with Crippen LogP contribution in [0, 0.1) is 0 Å². The SMILES string of the molecule is CCc1nnc(NC(=O)CS(=O)Cc2ccc(C(=O)O)cc2)s1. The van der Waals surface area contributed by atoms with E-state index in [0.29, 0.717) is 10.7 Å². The van der Waals surface area contributed by atoms with Crippen molar-refractivity contribution >= 4 is 39.1 Å². The molecule has 2 rings (SSSR count). The molecule has 1 atom stereocenters. The third kappa shape index (κ3) is 5.22. The van der Waals surface area contributed by atoms with Gasteiger partial charge in [-0.1, -0.05) is 30.4 Å². The van der Waals surface area contributed by atoms with Gasteiger partial charge in [0.2, 0.25) is 11.0 Å². The molecular formula is C14H15N3O4S2. The lowest BCUT2D eigenvalue weighted by Gasteiger charge is -2.03. The van der Waals surface area contributed by atoms with Crippen LogP contribution in [0.4, 0.5) is 5.13 Å². The number of rotatable bonds is 7. The predicted octanol–water partition coefficient (Wildman–Crippen LogP) is 1.69. The fraction of sp³-hybridized carbons (Fsp3) is 0.286. The van der Waals surface area contributed by atoms with Crippen LogP contribution in [0.15, 0.2) is 24.3 Å². The van der Waals surface area contributed by atoms with Gasteiger partial charge in [-0.25, -0.2) is 4.79 Å². The number of benzene rings is 1. The molecule has 1 unspecified atom stereocenters. The first-order chi connectivity index (χ1) is 11.0. The molecule has 0 aliphatic carbocycles. The summed E-state index contributed by atoms with van der Waals surface area (Å²) in [5.41, 5.74) is 0.880. The zero-order chi connectivity index (χ0) is 16.8. The average Bonchev–Trinajstić information content (AvgIpc) is 2.95. The average molecular weight is 353 g/mol. The minimum Gasteiger partial charge on any atom is -0.478 e. The normalized spacial score (nSPS) is 11.9. The fourth-order valence-corrected chi connectivity index (χ4v) is 3.46. The van der Waals surface area contributed by atoms with Crippen molar-refractivity contribution in [3.8, 4) is 0 Å². The maximum absolute atomic E-state index is 12.0. The molecule has 1 amide bonds. The lowest BCUT2D eigenvalue weighted by Crippen LogP contribution is -2.20. The number of carbonyl (C=O) groups excluding carboxylic acids is 1. The van der Waals surface area contributed by atoms with Crippen molar-refractivity contribution in [1.29, 1.82) is 0 Å². The van der Waals surface area contributed by atoms with E-state index in [1.165, 1.54) is 23.5 Å². The Kier molecular flexibility index (Phi) is 5.94. The molecule has 122 valence electrons. The second kappa shape index (κ2) is 7.93. The van der Waals surface area contributed by atoms with Gasteiger partial charge in [0.15, 0.2) is 0 Å². The second-order valence-electron chi connectivity index (χ2n) is 4.63. The first-order valence-electron chi connectivity index (χ1n) is 6.77. The van der Waals surface area contributed by atoms with Crippen LogP contribution in [0.25, 0.3) is 0 Å². The molecule has 23 heavy (non-hydrogen) atoms. The number of amides is 1. The summed E-state index contributed by atoms with van der Waals surface area (Å²) in [6.07, 6.45) is 0.742. The lowest BCUT2D eigenvalue weighted by molar-refractivity contribution is -0.113. The topological polar surface area (TPSA) is 109 Å². The highest BCUT2D eigenvalue weighted by atomic mass is 32.2. The van der Waals surface area contributed by atoms with Crippen molar-refractivity contribution in [2.75, 3.05) is 11.1 Å². The van der Waals surface area contributed by atoms with E-state index in [2.05, 4.69) is 15.5 Å². The maximum Gasteiger partial charge on any atom is 0.335 e. The van der Waals surface area contributed by atoms with Crippen LogP contribution in [0.2, 0.25) is 0 Å². The van der Waals surface area contributed by atoms with Gasteiger partial charge in [0, 0.05) is 16.6 Å². The number of hydrogen-bond donors (Lipinski definition) is 2. The Morgan fingerprint density at radius 3 is 2.52 bits per heavy atom. The van der Waals surface area contributed by atoms with Gasteiger partial charge < -0.3 is 5.11 Å². The van der Waals surface area contributed by atoms with Crippen molar-refractivity contribution < 1.29 is 18.9 Å². The third-order valence-electron chi connectivity index (χ3n) is 2.84. The molecular weight excluding hydrogens is 338 g/mol. The van der Waals surface area contributed by atoms with E-state index in [9.17, 15) is 13.8 Å². The van der Waals surface area contributed by atoms with Gasteiger partial charge in [0.1, 0.15) is 10.8 Å². The summed E-state index contributed by atoms with van der Waals surface area (Å²) < 4.78 is 12.0. The minimum atomic E-state index is -1.39. The largest absolute Gasteiger partial charge is 0.478 e. The molecule has 0 aliphatic rings. The Bertz CT molecular complexity index is 728. The van der Waals surface area contributed by atoms with Crippen molar-refractivity contribution in [2.24, 2.45) is 0 Å². The van der Waals surface area contributed by atoms with Gasteiger partial charge in [-0.15, -0.1) is 10.2 Å². The number of aromatic nitrogens is 2. The minimum absolute atomic E-state index is 0.151. The molecule has 0 fully saturated rings. The summed E-state index contributed by atoms with van der Waals surface area (Å²) in [6.45, 7) is 1.94. The van der Waals surface area contributed by atoms with Crippen LogP contribution >= 0.6 is 11.3 Å². The zero-order valence-corrected chi connectivity index (χ0v) is 13.9. The summed E-state index contributed by atoms with van der Waals surface area (Å²) in [4.78, 5) is 22.6. The van der Waals surface area contributed by atoms with Gasteiger partial charge >= 0.3 is 5.97 Å². The van der Waals surface area contributed by atoms with E-state index < -0.39 is 16.8 Å². The number of carboxylic acid groups (broad SMARTS) is 1. The first-order valence-corrected chi connectivity index (χ1v) is 9.07. The Morgan fingerprint density at radius 1 is 1.26 bits per heavy atom. The van der Waals surface area contributed by atoms with Crippen molar-refractivity contribution in [3.63, 3.8) is 0 Å². The lowest BCUT2D eigenvalue weighted by atomic mass is 10.1. The number of hydrogen-bond acceptors (Lipinski definition) is 6. The zero-order valence-electron chi connectivity index (χ0n) is 12.3. The molecule has 0 bridgehead atoms. The number of aromatic carboxylic acids is 1. The highest BCUT2D eigenvalue weighted by Crippen LogP contribution is 2.15. The smallest absolute Gasteiger partial charge is 0.335 e. The number of anilines is 1. The number of carbonyl (C=O) groups is 2. The van der Waals surface area contributed by atoms with Crippen LogP contribution in [-0.4, -0.2) is 37.1 Å². The monoisotopic (exact) mass is 353 g/mol. The van der Waals surface area contributed by atoms with Crippen molar-refractivity contribution in [3.05, 3.63) is 40.4 Å². The van der Waals surface area contributed by atoms with Crippen LogP contribution in [-0.2, 0) is 27.8 Å². The van der Waals surface area contributed by atoms with Crippen LogP contribution in [0.3, 0.4) is 0 Å². The van der Waals surface area contributed by atoms with E-state index in [-0.39, 0.29) is 23.0 Å². The Hall–Kier alpha value is -2.13. The third-order valence-corrected chi connectivity index (χ3v) is 5.06. The molecule has 7 nitrogen and oxygen atoms in total. The van der Waals surface area contributed by atoms with E-state index >= 15 is 0 Å². The maximum atomic E-state index is 12.0. The molecule has 2 N–H and O–H groups in total. The molecule has 1 heterocycles. The van der Waals surface area contributed by atoms with Crippen molar-refractivity contribution in [2.45, 2.75) is 19.1 Å². The van der Waals surface area contributed by atoms with Gasteiger partial charge in [0.05, 0.1) is 5.56 Å².